The van der Waals surface area contributed by atoms with Crippen molar-refractivity contribution < 1.29 is 14.6 Å². The second-order valence-corrected chi connectivity index (χ2v) is 3.89. The maximum atomic E-state index is 11.1. The van der Waals surface area contributed by atoms with Crippen molar-refractivity contribution in [2.24, 2.45) is 17.8 Å². The third kappa shape index (κ3) is 0.527. The maximum Gasteiger partial charge on any atom is 0.309 e. The zero-order chi connectivity index (χ0) is 7.59. The molecule has 0 aromatic heterocycles. The highest BCUT2D eigenvalue weighted by Crippen LogP contribution is 2.54. The summed E-state index contributed by atoms with van der Waals surface area (Å²) >= 11 is 0. The largest absolute Gasteiger partial charge is 0.459 e. The predicted octanol–water partition coefficient (Wildman–Crippen LogP) is -0.0713. The summed E-state index contributed by atoms with van der Waals surface area (Å²) < 4.78 is 5.06. The van der Waals surface area contributed by atoms with Gasteiger partial charge in [-0.2, -0.15) is 0 Å². The molecule has 0 spiro atoms. The van der Waals surface area contributed by atoms with Gasteiger partial charge in [-0.3, -0.25) is 4.79 Å². The Morgan fingerprint density at radius 3 is 2.91 bits per heavy atom. The van der Waals surface area contributed by atoms with Crippen molar-refractivity contribution in [3.63, 3.8) is 0 Å². The number of fused-ring (bicyclic) bond motifs is 1. The minimum absolute atomic E-state index is 0.0703. The summed E-state index contributed by atoms with van der Waals surface area (Å²) in [5.41, 5.74) is 0. The zero-order valence-electron chi connectivity index (χ0n) is 6.06. The van der Waals surface area contributed by atoms with Gasteiger partial charge >= 0.3 is 5.97 Å². The highest BCUT2D eigenvalue weighted by molar-refractivity contribution is 5.76. The molecule has 3 fully saturated rings. The van der Waals surface area contributed by atoms with Gasteiger partial charge in [-0.15, -0.1) is 0 Å². The Balaban J connectivity index is 2.04. The standard InChI is InChI=1S/C8H10O3/c9-6-3-1-4-5(2-3)8(10)11-7(4)6/h3-7,9H,1-2H2/t3-,4?,5?,6?,7?/m1/s1. The van der Waals surface area contributed by atoms with E-state index in [0.717, 1.165) is 12.8 Å². The molecule has 1 N–H and O–H groups in total. The normalized spacial score (nSPS) is 58.6. The topological polar surface area (TPSA) is 46.5 Å². The molecule has 1 heterocycles. The van der Waals surface area contributed by atoms with Crippen LogP contribution in [0.5, 0.6) is 0 Å². The molecule has 2 aliphatic carbocycles. The van der Waals surface area contributed by atoms with E-state index < -0.39 is 0 Å². The number of aliphatic hydroxyl groups excluding tert-OH is 1. The van der Waals surface area contributed by atoms with Crippen LogP contribution >= 0.6 is 0 Å². The molecule has 4 unspecified atom stereocenters. The van der Waals surface area contributed by atoms with Crippen LogP contribution in [0.25, 0.3) is 0 Å². The van der Waals surface area contributed by atoms with E-state index in [4.69, 9.17) is 4.74 Å². The van der Waals surface area contributed by atoms with Crippen LogP contribution in [0.1, 0.15) is 12.8 Å². The summed E-state index contributed by atoms with van der Waals surface area (Å²) in [6.07, 6.45) is 1.36. The fourth-order valence-corrected chi connectivity index (χ4v) is 2.92. The van der Waals surface area contributed by atoms with Gasteiger partial charge in [-0.05, 0) is 18.8 Å². The van der Waals surface area contributed by atoms with Gasteiger partial charge in [-0.25, -0.2) is 0 Å². The fraction of sp³-hybridized carbons (Fsp3) is 0.875. The summed E-state index contributed by atoms with van der Waals surface area (Å²) in [6, 6.07) is 0. The molecule has 1 aliphatic heterocycles. The number of ether oxygens (including phenoxy) is 1. The Kier molecular flexibility index (Phi) is 0.876. The van der Waals surface area contributed by atoms with Gasteiger partial charge < -0.3 is 9.84 Å². The van der Waals surface area contributed by atoms with E-state index in [0.29, 0.717) is 11.8 Å². The number of carbonyl (C=O) groups excluding carboxylic acids is 1. The third-order valence-electron chi connectivity index (χ3n) is 3.44. The summed E-state index contributed by atoms with van der Waals surface area (Å²) in [5, 5.41) is 9.55. The zero-order valence-corrected chi connectivity index (χ0v) is 6.06. The molecule has 3 aliphatic rings. The number of hydrogen-bond acceptors (Lipinski definition) is 3. The smallest absolute Gasteiger partial charge is 0.309 e. The van der Waals surface area contributed by atoms with Crippen LogP contribution in [-0.4, -0.2) is 23.3 Å². The molecule has 0 aromatic rings. The molecule has 3 nitrogen and oxygen atoms in total. The van der Waals surface area contributed by atoms with Gasteiger partial charge in [0.05, 0.1) is 12.0 Å². The first-order valence-electron chi connectivity index (χ1n) is 4.16. The van der Waals surface area contributed by atoms with Crippen molar-refractivity contribution in [2.45, 2.75) is 25.0 Å². The molecule has 0 aromatic carbocycles. The van der Waals surface area contributed by atoms with Crippen LogP contribution in [0.4, 0.5) is 0 Å². The Bertz CT molecular complexity index is 225. The Morgan fingerprint density at radius 1 is 1.45 bits per heavy atom. The molecule has 0 amide bonds. The first kappa shape index (κ1) is 6.00. The average Bonchev–Trinajstić information content (AvgIpc) is 2.53. The highest BCUT2D eigenvalue weighted by atomic mass is 16.6. The first-order valence-corrected chi connectivity index (χ1v) is 4.16. The van der Waals surface area contributed by atoms with Crippen molar-refractivity contribution in [2.75, 3.05) is 0 Å². The maximum absolute atomic E-state index is 11.1. The third-order valence-corrected chi connectivity index (χ3v) is 3.44. The van der Waals surface area contributed by atoms with Crippen LogP contribution < -0.4 is 0 Å². The number of aliphatic hydroxyl groups is 1. The minimum Gasteiger partial charge on any atom is -0.459 e. The van der Waals surface area contributed by atoms with Crippen molar-refractivity contribution >= 4 is 5.97 Å². The molecular weight excluding hydrogens is 144 g/mol. The van der Waals surface area contributed by atoms with Gasteiger partial charge in [0, 0.05) is 5.92 Å². The highest BCUT2D eigenvalue weighted by Gasteiger charge is 2.61. The van der Waals surface area contributed by atoms with Crippen LogP contribution in [0.2, 0.25) is 0 Å². The number of rotatable bonds is 0. The average molecular weight is 154 g/mol. The second-order valence-electron chi connectivity index (χ2n) is 3.89. The minimum atomic E-state index is -0.359. The lowest BCUT2D eigenvalue weighted by atomic mass is 9.88. The summed E-state index contributed by atoms with van der Waals surface area (Å²) in [4.78, 5) is 11.1. The van der Waals surface area contributed by atoms with Gasteiger partial charge in [0.15, 0.2) is 0 Å². The quantitative estimate of drug-likeness (QED) is 0.497. The van der Waals surface area contributed by atoms with Crippen LogP contribution in [0.15, 0.2) is 0 Å². The van der Waals surface area contributed by atoms with E-state index >= 15 is 0 Å². The molecule has 1 saturated heterocycles. The van der Waals surface area contributed by atoms with E-state index in [1.807, 2.05) is 0 Å². The summed E-state index contributed by atoms with van der Waals surface area (Å²) in [7, 11) is 0. The molecule has 60 valence electrons. The molecule has 5 atom stereocenters. The van der Waals surface area contributed by atoms with Crippen molar-refractivity contribution in [3.8, 4) is 0 Å². The van der Waals surface area contributed by atoms with Gasteiger partial charge in [0.1, 0.15) is 6.10 Å². The second kappa shape index (κ2) is 1.61. The summed E-state index contributed by atoms with van der Waals surface area (Å²) in [6.45, 7) is 0. The fourth-order valence-electron chi connectivity index (χ4n) is 2.92. The van der Waals surface area contributed by atoms with Gasteiger partial charge in [0.2, 0.25) is 0 Å². The number of carbonyl (C=O) groups is 1. The van der Waals surface area contributed by atoms with Crippen LogP contribution in [-0.2, 0) is 9.53 Å². The van der Waals surface area contributed by atoms with Crippen LogP contribution in [0, 0.1) is 17.8 Å². The Hall–Kier alpha value is -0.570. The molecule has 2 bridgehead atoms. The molecule has 3 heteroatoms. The lowest BCUT2D eigenvalue weighted by Crippen LogP contribution is -2.31. The van der Waals surface area contributed by atoms with Crippen molar-refractivity contribution in [3.05, 3.63) is 0 Å². The lowest BCUT2D eigenvalue weighted by Gasteiger charge is -2.19. The van der Waals surface area contributed by atoms with E-state index in [9.17, 15) is 9.90 Å². The van der Waals surface area contributed by atoms with E-state index in [2.05, 4.69) is 0 Å². The molecule has 11 heavy (non-hydrogen) atoms. The van der Waals surface area contributed by atoms with E-state index in [1.54, 1.807) is 0 Å². The van der Waals surface area contributed by atoms with Gasteiger partial charge in [0.25, 0.3) is 0 Å². The van der Waals surface area contributed by atoms with Crippen molar-refractivity contribution in [1.82, 2.24) is 0 Å². The number of esters is 1. The van der Waals surface area contributed by atoms with Gasteiger partial charge in [-0.1, -0.05) is 0 Å². The predicted molar refractivity (Wildman–Crippen MR) is 35.6 cm³/mol. The Morgan fingerprint density at radius 2 is 2.27 bits per heavy atom. The van der Waals surface area contributed by atoms with E-state index in [-0.39, 0.29) is 24.1 Å². The lowest BCUT2D eigenvalue weighted by molar-refractivity contribution is -0.145. The first-order chi connectivity index (χ1) is 5.27. The molecular formula is C8H10O3. The monoisotopic (exact) mass is 154 g/mol. The molecule has 3 rings (SSSR count). The SMILES string of the molecule is O=C1OC2C3C[C@H](CC13)C2O. The molecule has 0 radical (unpaired) electrons. The van der Waals surface area contributed by atoms with Crippen molar-refractivity contribution in [1.29, 1.82) is 0 Å². The summed E-state index contributed by atoms with van der Waals surface area (Å²) in [5.74, 6) is 0.761. The van der Waals surface area contributed by atoms with E-state index in [1.165, 1.54) is 0 Å². The Labute approximate surface area is 64.3 Å². The molecule has 2 saturated carbocycles. The van der Waals surface area contributed by atoms with Crippen LogP contribution in [0.3, 0.4) is 0 Å². The number of hydrogen-bond donors (Lipinski definition) is 1.